The summed E-state index contributed by atoms with van der Waals surface area (Å²) in [6.45, 7) is 6.85. The molecule has 3 saturated carbocycles. The van der Waals surface area contributed by atoms with E-state index in [4.69, 9.17) is 0 Å². The van der Waals surface area contributed by atoms with Crippen LogP contribution in [-0.4, -0.2) is 17.9 Å². The molecule has 6 rings (SSSR count). The molecule has 3 fully saturated rings. The highest BCUT2D eigenvalue weighted by Gasteiger charge is 2.58. The molecule has 0 spiro atoms. The lowest BCUT2D eigenvalue weighted by Crippen LogP contribution is -2.61. The van der Waals surface area contributed by atoms with Crippen molar-refractivity contribution >= 4 is 11.8 Å². The number of carbonyl (C=O) groups is 2. The zero-order valence-electron chi connectivity index (χ0n) is 22.4. The predicted octanol–water partition coefficient (Wildman–Crippen LogP) is 6.12. The van der Waals surface area contributed by atoms with Gasteiger partial charge in [0.05, 0.1) is 5.54 Å². The highest BCUT2D eigenvalue weighted by atomic mass is 16.2. The fraction of sp³-hybridized carbons (Fsp3) is 0.515. The van der Waals surface area contributed by atoms with Crippen molar-refractivity contribution in [1.82, 2.24) is 10.6 Å². The Balaban J connectivity index is 1.34. The molecule has 1 unspecified atom stereocenters. The topological polar surface area (TPSA) is 58.2 Å². The number of rotatable bonds is 4. The van der Waals surface area contributed by atoms with Gasteiger partial charge in [-0.15, -0.1) is 0 Å². The van der Waals surface area contributed by atoms with Crippen LogP contribution in [0.3, 0.4) is 0 Å². The molecule has 0 saturated heterocycles. The molecule has 1 heterocycles. The average molecular weight is 497 g/mol. The first-order valence-corrected chi connectivity index (χ1v) is 14.2. The average Bonchev–Trinajstić information content (AvgIpc) is 3.31. The van der Waals surface area contributed by atoms with Crippen LogP contribution in [0.15, 0.2) is 72.3 Å². The fourth-order valence-electron chi connectivity index (χ4n) is 8.75. The quantitative estimate of drug-likeness (QED) is 0.501. The molecule has 2 aromatic carbocycles. The number of nitrogens with one attached hydrogen (secondary N) is 2. The van der Waals surface area contributed by atoms with Gasteiger partial charge in [-0.1, -0.05) is 87.0 Å². The zero-order valence-corrected chi connectivity index (χ0v) is 22.4. The van der Waals surface area contributed by atoms with Crippen LogP contribution >= 0.6 is 0 Å². The lowest BCUT2D eigenvalue weighted by atomic mass is 9.48. The van der Waals surface area contributed by atoms with Crippen molar-refractivity contribution in [3.63, 3.8) is 0 Å². The van der Waals surface area contributed by atoms with E-state index in [1.54, 1.807) is 0 Å². The Kier molecular flexibility index (Phi) is 5.85. The summed E-state index contributed by atoms with van der Waals surface area (Å²) < 4.78 is 0. The highest BCUT2D eigenvalue weighted by molar-refractivity contribution is 6.19. The van der Waals surface area contributed by atoms with Crippen LogP contribution < -0.4 is 10.6 Å². The van der Waals surface area contributed by atoms with Crippen molar-refractivity contribution in [2.45, 2.75) is 77.3 Å². The molecule has 0 aromatic heterocycles. The van der Waals surface area contributed by atoms with E-state index >= 15 is 0 Å². The minimum atomic E-state index is -0.760. The number of carbonyl (C=O) groups excluding carboxylic acids is 2. The number of benzene rings is 2. The molecule has 3 aliphatic carbocycles. The Hall–Kier alpha value is -2.88. The van der Waals surface area contributed by atoms with Crippen molar-refractivity contribution in [3.05, 3.63) is 83.4 Å². The third-order valence-electron chi connectivity index (χ3n) is 10.9. The SMILES string of the molecule is CC(NC(=O)C1=C[C@@]2(C)C(CC[C@@H]3[C@H]2CC[C@]2(C)CCC[C@@H]32)NC1=O)(c1ccccc1)c1ccccc1. The second-order valence-corrected chi connectivity index (χ2v) is 12.8. The van der Waals surface area contributed by atoms with Gasteiger partial charge in [-0.2, -0.15) is 0 Å². The molecule has 4 heteroatoms. The molecule has 4 aliphatic rings. The van der Waals surface area contributed by atoms with Gasteiger partial charge in [-0.05, 0) is 79.7 Å². The summed E-state index contributed by atoms with van der Waals surface area (Å²) >= 11 is 0. The van der Waals surface area contributed by atoms with Gasteiger partial charge in [0, 0.05) is 11.5 Å². The van der Waals surface area contributed by atoms with E-state index in [2.05, 4.69) is 30.6 Å². The highest BCUT2D eigenvalue weighted by Crippen LogP contribution is 2.63. The summed E-state index contributed by atoms with van der Waals surface area (Å²) in [5.41, 5.74) is 1.78. The number of fused-ring (bicyclic) bond motifs is 5. The molecule has 37 heavy (non-hydrogen) atoms. The van der Waals surface area contributed by atoms with Crippen LogP contribution in [0.25, 0.3) is 0 Å². The third kappa shape index (κ3) is 3.86. The van der Waals surface area contributed by atoms with Crippen molar-refractivity contribution < 1.29 is 9.59 Å². The maximum absolute atomic E-state index is 13.9. The smallest absolute Gasteiger partial charge is 0.257 e. The van der Waals surface area contributed by atoms with Gasteiger partial charge in [0.1, 0.15) is 5.57 Å². The van der Waals surface area contributed by atoms with E-state index in [0.717, 1.165) is 23.5 Å². The Bertz CT molecular complexity index is 1180. The van der Waals surface area contributed by atoms with Crippen molar-refractivity contribution in [2.75, 3.05) is 0 Å². The Labute approximate surface area is 221 Å². The van der Waals surface area contributed by atoms with Crippen molar-refractivity contribution in [3.8, 4) is 0 Å². The molecule has 4 nitrogen and oxygen atoms in total. The molecule has 2 amide bonds. The first-order chi connectivity index (χ1) is 17.7. The van der Waals surface area contributed by atoms with Crippen LogP contribution in [0.2, 0.25) is 0 Å². The predicted molar refractivity (Wildman–Crippen MR) is 146 cm³/mol. The molecular formula is C33H40N2O2. The molecule has 6 atom stereocenters. The Morgan fingerprint density at radius 2 is 1.54 bits per heavy atom. The van der Waals surface area contributed by atoms with E-state index in [1.165, 1.54) is 38.5 Å². The maximum Gasteiger partial charge on any atom is 0.257 e. The largest absolute Gasteiger partial charge is 0.348 e. The monoisotopic (exact) mass is 496 g/mol. The molecule has 1 aliphatic heterocycles. The van der Waals surface area contributed by atoms with Gasteiger partial charge < -0.3 is 10.6 Å². The van der Waals surface area contributed by atoms with Gasteiger partial charge in [0.2, 0.25) is 0 Å². The van der Waals surface area contributed by atoms with Gasteiger partial charge in [-0.3, -0.25) is 9.59 Å². The summed E-state index contributed by atoms with van der Waals surface area (Å²) in [4.78, 5) is 27.3. The summed E-state index contributed by atoms with van der Waals surface area (Å²) in [6, 6.07) is 20.2. The molecular weight excluding hydrogens is 456 g/mol. The van der Waals surface area contributed by atoms with E-state index in [0.29, 0.717) is 17.3 Å². The van der Waals surface area contributed by atoms with E-state index < -0.39 is 5.54 Å². The first kappa shape index (κ1) is 24.5. The molecule has 2 aromatic rings. The van der Waals surface area contributed by atoms with E-state index in [1.807, 2.05) is 67.6 Å². The van der Waals surface area contributed by atoms with Crippen LogP contribution in [0.5, 0.6) is 0 Å². The van der Waals surface area contributed by atoms with E-state index in [9.17, 15) is 9.59 Å². The van der Waals surface area contributed by atoms with Crippen LogP contribution in [0, 0.1) is 28.6 Å². The first-order valence-electron chi connectivity index (χ1n) is 14.2. The Morgan fingerprint density at radius 1 is 0.892 bits per heavy atom. The van der Waals surface area contributed by atoms with Gasteiger partial charge >= 0.3 is 0 Å². The minimum Gasteiger partial charge on any atom is -0.348 e. The third-order valence-corrected chi connectivity index (χ3v) is 10.9. The van der Waals surface area contributed by atoms with E-state index in [-0.39, 0.29) is 28.8 Å². The molecule has 2 N–H and O–H groups in total. The molecule has 0 bridgehead atoms. The van der Waals surface area contributed by atoms with Crippen LogP contribution in [0.1, 0.15) is 76.8 Å². The number of amides is 2. The number of hydrogen-bond donors (Lipinski definition) is 2. The van der Waals surface area contributed by atoms with Gasteiger partial charge in [-0.25, -0.2) is 0 Å². The zero-order chi connectivity index (χ0) is 25.8. The lowest BCUT2D eigenvalue weighted by molar-refractivity contribution is -0.128. The lowest BCUT2D eigenvalue weighted by Gasteiger charge is -2.58. The Morgan fingerprint density at radius 3 is 2.19 bits per heavy atom. The van der Waals surface area contributed by atoms with Crippen molar-refractivity contribution in [1.29, 1.82) is 0 Å². The maximum atomic E-state index is 13.9. The normalized spacial score (nSPS) is 34.9. The second-order valence-electron chi connectivity index (χ2n) is 12.8. The fourth-order valence-corrected chi connectivity index (χ4v) is 8.75. The number of hydrogen-bond acceptors (Lipinski definition) is 2. The van der Waals surface area contributed by atoms with Crippen molar-refractivity contribution in [2.24, 2.45) is 28.6 Å². The standard InChI is InChI=1S/C33H40N2O2/c1-31-19-10-15-26(31)24-16-17-28-32(2,27(24)18-20-31)21-25(29(36)34-28)30(37)35-33(3,22-11-6-4-7-12-22)23-13-8-5-9-14-23/h4-9,11-14,21,24,26-28H,10,15-20H2,1-3H3,(H,34,36)(H,35,37)/t24-,26-,27+,28?,31-,32+/m0/s1. The summed E-state index contributed by atoms with van der Waals surface area (Å²) in [7, 11) is 0. The van der Waals surface area contributed by atoms with Gasteiger partial charge in [0.15, 0.2) is 0 Å². The molecule has 0 radical (unpaired) electrons. The summed E-state index contributed by atoms with van der Waals surface area (Å²) in [5, 5.41) is 6.58. The molecule has 194 valence electrons. The second kappa shape index (κ2) is 8.85. The summed E-state index contributed by atoms with van der Waals surface area (Å²) in [5.74, 6) is 1.46. The minimum absolute atomic E-state index is 0.109. The van der Waals surface area contributed by atoms with Crippen LogP contribution in [0.4, 0.5) is 0 Å². The summed E-state index contributed by atoms with van der Waals surface area (Å²) in [6.07, 6.45) is 10.8. The van der Waals surface area contributed by atoms with Crippen LogP contribution in [-0.2, 0) is 15.1 Å². The van der Waals surface area contributed by atoms with Gasteiger partial charge in [0.25, 0.3) is 11.8 Å².